The molecule has 0 saturated carbocycles. The van der Waals surface area contributed by atoms with Crippen LogP contribution < -0.4 is 4.57 Å². The topological polar surface area (TPSA) is 46.1 Å². The minimum atomic E-state index is -5.08. The molecule has 0 unspecified atom stereocenters. The lowest BCUT2D eigenvalue weighted by molar-refractivity contribution is -0.671. The maximum Gasteiger partial charge on any atom is 0.490 e. The fraction of sp³-hybridized carbons (Fsp3) is 0.600. The molecule has 0 aliphatic rings. The lowest BCUT2D eigenvalue weighted by atomic mass is 10.3. The SMILES string of the molecule is CCCCn1cc[n+](C)c1.O=C(O)C(F)(F)F. The van der Waals surface area contributed by atoms with Crippen molar-refractivity contribution < 1.29 is 27.6 Å². The molecule has 4 nitrogen and oxygen atoms in total. The lowest BCUT2D eigenvalue weighted by Crippen LogP contribution is -2.23. The highest BCUT2D eigenvalue weighted by atomic mass is 19.4. The van der Waals surface area contributed by atoms with E-state index in [-0.39, 0.29) is 0 Å². The molecule has 0 bridgehead atoms. The van der Waals surface area contributed by atoms with Gasteiger partial charge in [0.2, 0.25) is 6.33 Å². The molecule has 1 aromatic heterocycles. The zero-order valence-electron chi connectivity index (χ0n) is 9.74. The molecule has 0 aromatic carbocycles. The molecule has 1 heterocycles. The number of halogens is 3. The summed E-state index contributed by atoms with van der Waals surface area (Å²) in [5.74, 6) is -2.76. The normalized spacial score (nSPS) is 10.6. The smallest absolute Gasteiger partial charge is 0.475 e. The number of aryl methyl sites for hydroxylation is 2. The van der Waals surface area contributed by atoms with Gasteiger partial charge in [-0.15, -0.1) is 0 Å². The van der Waals surface area contributed by atoms with Gasteiger partial charge in [0, 0.05) is 0 Å². The standard InChI is InChI=1S/C8H15N2.C2HF3O2/c1-3-4-5-10-7-6-9(2)8-10;3-2(4,5)1(6)7/h6-8H,3-5H2,1-2H3;(H,6,7)/q+1;. The van der Waals surface area contributed by atoms with Crippen molar-refractivity contribution in [1.29, 1.82) is 0 Å². The largest absolute Gasteiger partial charge is 0.490 e. The summed E-state index contributed by atoms with van der Waals surface area (Å²) in [6.45, 7) is 3.36. The molecule has 1 aromatic rings. The van der Waals surface area contributed by atoms with E-state index in [9.17, 15) is 13.2 Å². The van der Waals surface area contributed by atoms with Gasteiger partial charge in [0.05, 0.1) is 13.6 Å². The van der Waals surface area contributed by atoms with Crippen molar-refractivity contribution in [3.8, 4) is 0 Å². The van der Waals surface area contributed by atoms with Crippen LogP contribution in [-0.4, -0.2) is 21.8 Å². The average molecular weight is 253 g/mol. The molecule has 0 saturated heterocycles. The van der Waals surface area contributed by atoms with Crippen LogP contribution in [0.15, 0.2) is 18.7 Å². The molecule has 7 heteroatoms. The van der Waals surface area contributed by atoms with E-state index in [1.165, 1.54) is 12.8 Å². The number of unbranched alkanes of at least 4 members (excludes halogenated alkanes) is 1. The Bertz CT molecular complexity index is 348. The van der Waals surface area contributed by atoms with E-state index in [0.717, 1.165) is 6.54 Å². The second-order valence-electron chi connectivity index (χ2n) is 3.47. The van der Waals surface area contributed by atoms with Crippen molar-refractivity contribution in [3.05, 3.63) is 18.7 Å². The van der Waals surface area contributed by atoms with E-state index in [1.54, 1.807) is 0 Å². The van der Waals surface area contributed by atoms with Crippen molar-refractivity contribution in [2.24, 2.45) is 7.05 Å². The van der Waals surface area contributed by atoms with Crippen molar-refractivity contribution in [2.45, 2.75) is 32.5 Å². The van der Waals surface area contributed by atoms with Gasteiger partial charge in [0.15, 0.2) is 0 Å². The fourth-order valence-corrected chi connectivity index (χ4v) is 0.975. The lowest BCUT2D eigenvalue weighted by Gasteiger charge is -1.93. The Morgan fingerprint density at radius 1 is 1.47 bits per heavy atom. The number of rotatable bonds is 3. The first-order valence-electron chi connectivity index (χ1n) is 5.08. The first-order valence-corrected chi connectivity index (χ1v) is 5.08. The van der Waals surface area contributed by atoms with Crippen LogP contribution in [0, 0.1) is 0 Å². The number of hydrogen-bond acceptors (Lipinski definition) is 1. The number of hydrogen-bond donors (Lipinski definition) is 1. The van der Waals surface area contributed by atoms with E-state index in [2.05, 4.69) is 34.8 Å². The van der Waals surface area contributed by atoms with Gasteiger partial charge in [-0.2, -0.15) is 13.2 Å². The number of nitrogens with zero attached hydrogens (tertiary/aromatic N) is 2. The highest BCUT2D eigenvalue weighted by molar-refractivity contribution is 5.73. The monoisotopic (exact) mass is 253 g/mol. The maximum atomic E-state index is 10.6. The molecule has 1 rings (SSSR count). The Balaban J connectivity index is 0.000000325. The number of carboxylic acid groups (broad SMARTS) is 1. The summed E-state index contributed by atoms with van der Waals surface area (Å²) in [6.07, 6.45) is 3.73. The highest BCUT2D eigenvalue weighted by Gasteiger charge is 2.38. The molecule has 17 heavy (non-hydrogen) atoms. The number of carboxylic acids is 1. The van der Waals surface area contributed by atoms with Crippen molar-refractivity contribution in [3.63, 3.8) is 0 Å². The molecule has 0 aliphatic heterocycles. The van der Waals surface area contributed by atoms with Crippen molar-refractivity contribution in [2.75, 3.05) is 0 Å². The summed E-state index contributed by atoms with van der Waals surface area (Å²) < 4.78 is 36.0. The van der Waals surface area contributed by atoms with Gasteiger partial charge in [0.25, 0.3) is 0 Å². The molecule has 0 amide bonds. The van der Waals surface area contributed by atoms with E-state index < -0.39 is 12.1 Å². The number of aromatic nitrogens is 2. The van der Waals surface area contributed by atoms with Gasteiger partial charge in [0.1, 0.15) is 12.4 Å². The van der Waals surface area contributed by atoms with Crippen LogP contribution >= 0.6 is 0 Å². The van der Waals surface area contributed by atoms with Gasteiger partial charge in [-0.1, -0.05) is 13.3 Å². The zero-order valence-corrected chi connectivity index (χ0v) is 9.74. The summed E-state index contributed by atoms with van der Waals surface area (Å²) in [6, 6.07) is 0. The number of imidazole rings is 1. The molecule has 0 fully saturated rings. The predicted octanol–water partition coefficient (Wildman–Crippen LogP) is 1.75. The Kier molecular flexibility index (Phi) is 6.30. The molecule has 98 valence electrons. The number of aliphatic carboxylic acids is 1. The summed E-state index contributed by atoms with van der Waals surface area (Å²) >= 11 is 0. The van der Waals surface area contributed by atoms with Crippen molar-refractivity contribution >= 4 is 5.97 Å². The summed E-state index contributed by atoms with van der Waals surface area (Å²) in [4.78, 5) is 8.90. The van der Waals surface area contributed by atoms with Crippen LogP contribution in [0.3, 0.4) is 0 Å². The van der Waals surface area contributed by atoms with E-state index in [4.69, 9.17) is 9.90 Å². The summed E-state index contributed by atoms with van der Waals surface area (Å²) in [5, 5.41) is 7.12. The van der Waals surface area contributed by atoms with E-state index >= 15 is 0 Å². The van der Waals surface area contributed by atoms with Crippen LogP contribution in [-0.2, 0) is 18.4 Å². The first kappa shape index (κ1) is 15.5. The third-order valence-electron chi connectivity index (χ3n) is 1.84. The first-order chi connectivity index (χ1) is 7.77. The maximum absolute atomic E-state index is 10.6. The third-order valence-corrected chi connectivity index (χ3v) is 1.84. The van der Waals surface area contributed by atoms with Gasteiger partial charge < -0.3 is 5.11 Å². The van der Waals surface area contributed by atoms with Gasteiger partial charge in [-0.05, 0) is 6.42 Å². The second kappa shape index (κ2) is 6.93. The average Bonchev–Trinajstić information content (AvgIpc) is 2.60. The van der Waals surface area contributed by atoms with E-state index in [0.29, 0.717) is 0 Å². The molecule has 0 spiro atoms. The van der Waals surface area contributed by atoms with Crippen LogP contribution in [0.25, 0.3) is 0 Å². The Morgan fingerprint density at radius 3 is 2.29 bits per heavy atom. The fourth-order valence-electron chi connectivity index (χ4n) is 0.975. The highest BCUT2D eigenvalue weighted by Crippen LogP contribution is 2.13. The number of alkyl halides is 3. The van der Waals surface area contributed by atoms with Gasteiger partial charge in [-0.3, -0.25) is 0 Å². The minimum Gasteiger partial charge on any atom is -0.475 e. The molecular weight excluding hydrogens is 237 g/mol. The minimum absolute atomic E-state index is 1.15. The van der Waals surface area contributed by atoms with Crippen molar-refractivity contribution in [1.82, 2.24) is 4.57 Å². The predicted molar refractivity (Wildman–Crippen MR) is 54.2 cm³/mol. The molecule has 1 N–H and O–H groups in total. The molecule has 0 aliphatic carbocycles. The van der Waals surface area contributed by atoms with Crippen LogP contribution in [0.1, 0.15) is 19.8 Å². The molecular formula is C10H16F3N2O2+. The number of carbonyl (C=O) groups is 1. The second-order valence-corrected chi connectivity index (χ2v) is 3.47. The Morgan fingerprint density at radius 2 is 2.00 bits per heavy atom. The molecule has 0 atom stereocenters. The van der Waals surface area contributed by atoms with Crippen LogP contribution in [0.5, 0.6) is 0 Å². The summed E-state index contributed by atoms with van der Waals surface area (Å²) in [5.41, 5.74) is 0. The van der Waals surface area contributed by atoms with Crippen LogP contribution in [0.4, 0.5) is 13.2 Å². The molecule has 0 radical (unpaired) electrons. The quantitative estimate of drug-likeness (QED) is 0.834. The van der Waals surface area contributed by atoms with Gasteiger partial charge in [-0.25, -0.2) is 13.9 Å². The van der Waals surface area contributed by atoms with E-state index in [1.807, 2.05) is 7.05 Å². The van der Waals surface area contributed by atoms with Gasteiger partial charge >= 0.3 is 12.1 Å². The third kappa shape index (κ3) is 7.37. The van der Waals surface area contributed by atoms with Crippen LogP contribution in [0.2, 0.25) is 0 Å². The zero-order chi connectivity index (χ0) is 13.5. The Hall–Kier alpha value is -1.53. The Labute approximate surface area is 97.3 Å². The summed E-state index contributed by atoms with van der Waals surface area (Å²) in [7, 11) is 2.04.